The molecule has 2 N–H and O–H groups in total. The van der Waals surface area contributed by atoms with Crippen molar-refractivity contribution in [1.29, 1.82) is 0 Å². The van der Waals surface area contributed by atoms with Crippen LogP contribution in [0.25, 0.3) is 0 Å². The summed E-state index contributed by atoms with van der Waals surface area (Å²) < 4.78 is 0. The standard InChI is InChI=1S/C15H25NO/c1-11(2)13-7-6-8-14(9-13)16-10-15(5,17)12(3)4/h6-9,11-12,16-17H,10H2,1-5H3. The first-order valence-electron chi connectivity index (χ1n) is 6.39. The fraction of sp³-hybridized carbons (Fsp3) is 0.600. The average Bonchev–Trinajstić information content (AvgIpc) is 2.26. The molecule has 0 aliphatic rings. The predicted octanol–water partition coefficient (Wildman–Crippen LogP) is 3.63. The van der Waals surface area contributed by atoms with Gasteiger partial charge in [0.15, 0.2) is 0 Å². The summed E-state index contributed by atoms with van der Waals surface area (Å²) in [5.41, 5.74) is 1.73. The van der Waals surface area contributed by atoms with Gasteiger partial charge >= 0.3 is 0 Å². The van der Waals surface area contributed by atoms with Gasteiger partial charge in [0.25, 0.3) is 0 Å². The van der Waals surface area contributed by atoms with Crippen molar-refractivity contribution in [2.75, 3.05) is 11.9 Å². The molecule has 0 saturated heterocycles. The van der Waals surface area contributed by atoms with Crippen LogP contribution in [0.2, 0.25) is 0 Å². The molecule has 0 aliphatic carbocycles. The molecule has 0 saturated carbocycles. The zero-order chi connectivity index (χ0) is 13.1. The van der Waals surface area contributed by atoms with Gasteiger partial charge in [-0.25, -0.2) is 0 Å². The van der Waals surface area contributed by atoms with Crippen LogP contribution in [0, 0.1) is 5.92 Å². The summed E-state index contributed by atoms with van der Waals surface area (Å²) in [6, 6.07) is 8.39. The molecule has 2 heteroatoms. The topological polar surface area (TPSA) is 32.3 Å². The van der Waals surface area contributed by atoms with E-state index in [4.69, 9.17) is 0 Å². The molecule has 0 radical (unpaired) electrons. The van der Waals surface area contributed by atoms with E-state index in [1.54, 1.807) is 0 Å². The van der Waals surface area contributed by atoms with Gasteiger partial charge in [0.2, 0.25) is 0 Å². The molecule has 1 aromatic carbocycles. The largest absolute Gasteiger partial charge is 0.388 e. The van der Waals surface area contributed by atoms with Crippen LogP contribution in [0.15, 0.2) is 24.3 Å². The molecular weight excluding hydrogens is 210 g/mol. The van der Waals surface area contributed by atoms with Gasteiger partial charge in [-0.15, -0.1) is 0 Å². The summed E-state index contributed by atoms with van der Waals surface area (Å²) in [5, 5.41) is 13.5. The van der Waals surface area contributed by atoms with Crippen LogP contribution in [0.5, 0.6) is 0 Å². The number of rotatable bonds is 5. The van der Waals surface area contributed by atoms with Crippen molar-refractivity contribution in [2.24, 2.45) is 5.92 Å². The van der Waals surface area contributed by atoms with Crippen molar-refractivity contribution in [3.05, 3.63) is 29.8 Å². The highest BCUT2D eigenvalue weighted by Gasteiger charge is 2.24. The molecule has 2 nitrogen and oxygen atoms in total. The lowest BCUT2D eigenvalue weighted by molar-refractivity contribution is 0.0266. The SMILES string of the molecule is CC(C)c1cccc(NCC(C)(O)C(C)C)c1. The molecule has 0 amide bonds. The van der Waals surface area contributed by atoms with Gasteiger partial charge < -0.3 is 10.4 Å². The maximum Gasteiger partial charge on any atom is 0.0813 e. The number of anilines is 1. The fourth-order valence-electron chi connectivity index (χ4n) is 1.49. The molecule has 0 fully saturated rings. The minimum absolute atomic E-state index is 0.239. The quantitative estimate of drug-likeness (QED) is 0.817. The van der Waals surface area contributed by atoms with Crippen LogP contribution in [-0.2, 0) is 0 Å². The number of hydrogen-bond acceptors (Lipinski definition) is 2. The van der Waals surface area contributed by atoms with Crippen molar-refractivity contribution in [2.45, 2.75) is 46.1 Å². The molecule has 0 bridgehead atoms. The van der Waals surface area contributed by atoms with Crippen molar-refractivity contribution in [1.82, 2.24) is 0 Å². The van der Waals surface area contributed by atoms with E-state index < -0.39 is 5.60 Å². The monoisotopic (exact) mass is 235 g/mol. The molecule has 17 heavy (non-hydrogen) atoms. The van der Waals surface area contributed by atoms with Crippen molar-refractivity contribution >= 4 is 5.69 Å². The molecule has 0 spiro atoms. The van der Waals surface area contributed by atoms with E-state index in [2.05, 4.69) is 37.4 Å². The Bertz CT molecular complexity index is 356. The Labute approximate surface area is 105 Å². The third kappa shape index (κ3) is 4.04. The molecule has 1 atom stereocenters. The van der Waals surface area contributed by atoms with Crippen molar-refractivity contribution < 1.29 is 5.11 Å². The second-order valence-electron chi connectivity index (χ2n) is 5.65. The fourth-order valence-corrected chi connectivity index (χ4v) is 1.49. The van der Waals surface area contributed by atoms with E-state index in [1.165, 1.54) is 5.56 Å². The second-order valence-corrected chi connectivity index (χ2v) is 5.65. The molecule has 0 heterocycles. The third-order valence-corrected chi connectivity index (χ3v) is 3.45. The van der Waals surface area contributed by atoms with Crippen molar-refractivity contribution in [3.8, 4) is 0 Å². The van der Waals surface area contributed by atoms with E-state index in [-0.39, 0.29) is 5.92 Å². The van der Waals surface area contributed by atoms with Gasteiger partial charge in [-0.2, -0.15) is 0 Å². The van der Waals surface area contributed by atoms with E-state index in [1.807, 2.05) is 26.8 Å². The molecule has 1 unspecified atom stereocenters. The van der Waals surface area contributed by atoms with Gasteiger partial charge in [-0.05, 0) is 36.5 Å². The molecule has 1 rings (SSSR count). The van der Waals surface area contributed by atoms with E-state index in [9.17, 15) is 5.11 Å². The number of aliphatic hydroxyl groups is 1. The van der Waals surface area contributed by atoms with Crippen LogP contribution in [0.1, 0.15) is 46.1 Å². The molecule has 0 aliphatic heterocycles. The Morgan fingerprint density at radius 3 is 2.41 bits per heavy atom. The maximum absolute atomic E-state index is 10.2. The average molecular weight is 235 g/mol. The highest BCUT2D eigenvalue weighted by molar-refractivity contribution is 5.46. The molecule has 1 aromatic rings. The minimum atomic E-state index is -0.673. The van der Waals surface area contributed by atoms with Crippen LogP contribution in [0.4, 0.5) is 5.69 Å². The molecule has 96 valence electrons. The van der Waals surface area contributed by atoms with Crippen LogP contribution in [-0.4, -0.2) is 17.3 Å². The zero-order valence-electron chi connectivity index (χ0n) is 11.6. The first kappa shape index (κ1) is 14.0. The van der Waals surface area contributed by atoms with Gasteiger partial charge in [0.1, 0.15) is 0 Å². The number of nitrogens with one attached hydrogen (secondary N) is 1. The Morgan fingerprint density at radius 2 is 1.88 bits per heavy atom. The molecule has 0 aromatic heterocycles. The summed E-state index contributed by atoms with van der Waals surface area (Å²) >= 11 is 0. The second kappa shape index (κ2) is 5.54. The lowest BCUT2D eigenvalue weighted by Gasteiger charge is -2.28. The lowest BCUT2D eigenvalue weighted by atomic mass is 9.92. The Balaban J connectivity index is 2.67. The highest BCUT2D eigenvalue weighted by Crippen LogP contribution is 2.21. The Kier molecular flexibility index (Phi) is 4.58. The van der Waals surface area contributed by atoms with Crippen molar-refractivity contribution in [3.63, 3.8) is 0 Å². The van der Waals surface area contributed by atoms with Gasteiger partial charge in [0, 0.05) is 12.2 Å². The predicted molar refractivity (Wildman–Crippen MR) is 74.5 cm³/mol. The minimum Gasteiger partial charge on any atom is -0.388 e. The van der Waals surface area contributed by atoms with E-state index in [0.717, 1.165) is 5.69 Å². The molecular formula is C15H25NO. The van der Waals surface area contributed by atoms with E-state index >= 15 is 0 Å². The zero-order valence-corrected chi connectivity index (χ0v) is 11.6. The van der Waals surface area contributed by atoms with Crippen LogP contribution >= 0.6 is 0 Å². The summed E-state index contributed by atoms with van der Waals surface area (Å²) in [6.07, 6.45) is 0. The maximum atomic E-state index is 10.2. The Hall–Kier alpha value is -1.02. The first-order chi connectivity index (χ1) is 7.83. The number of hydrogen-bond donors (Lipinski definition) is 2. The summed E-state index contributed by atoms with van der Waals surface area (Å²) in [7, 11) is 0. The Morgan fingerprint density at radius 1 is 1.24 bits per heavy atom. The van der Waals surface area contributed by atoms with Gasteiger partial charge in [-0.3, -0.25) is 0 Å². The number of benzene rings is 1. The van der Waals surface area contributed by atoms with Crippen LogP contribution < -0.4 is 5.32 Å². The van der Waals surface area contributed by atoms with Gasteiger partial charge in [-0.1, -0.05) is 39.8 Å². The van der Waals surface area contributed by atoms with Crippen LogP contribution in [0.3, 0.4) is 0 Å². The lowest BCUT2D eigenvalue weighted by Crippen LogP contribution is -2.38. The first-order valence-corrected chi connectivity index (χ1v) is 6.39. The normalized spacial score (nSPS) is 15.1. The summed E-state index contributed by atoms with van der Waals surface area (Å²) in [4.78, 5) is 0. The van der Waals surface area contributed by atoms with E-state index in [0.29, 0.717) is 12.5 Å². The third-order valence-electron chi connectivity index (χ3n) is 3.45. The highest BCUT2D eigenvalue weighted by atomic mass is 16.3. The van der Waals surface area contributed by atoms with Gasteiger partial charge in [0.05, 0.1) is 5.60 Å². The summed E-state index contributed by atoms with van der Waals surface area (Å²) in [5.74, 6) is 0.769. The smallest absolute Gasteiger partial charge is 0.0813 e. The summed E-state index contributed by atoms with van der Waals surface area (Å²) in [6.45, 7) is 10.9.